The number of rotatable bonds is 4. The van der Waals surface area contributed by atoms with Gasteiger partial charge in [0.15, 0.2) is 13.1 Å². The summed E-state index contributed by atoms with van der Waals surface area (Å²) >= 11 is 0. The molecule has 2 aliphatic carbocycles. The van der Waals surface area contributed by atoms with Crippen molar-refractivity contribution in [3.63, 3.8) is 0 Å². The summed E-state index contributed by atoms with van der Waals surface area (Å²) in [7, 11) is 3.77. The highest BCUT2D eigenvalue weighted by Crippen LogP contribution is 2.66. The second-order valence-electron chi connectivity index (χ2n) is 8.00. The zero-order chi connectivity index (χ0) is 15.2. The molecule has 0 saturated heterocycles. The Hall–Kier alpha value is -1.08. The summed E-state index contributed by atoms with van der Waals surface area (Å²) in [4.78, 5) is 12.2. The van der Waals surface area contributed by atoms with Gasteiger partial charge >= 0.3 is 5.97 Å². The van der Waals surface area contributed by atoms with Crippen LogP contribution < -0.4 is 0 Å². The summed E-state index contributed by atoms with van der Waals surface area (Å²) < 4.78 is 6.17. The molecule has 0 aliphatic heterocycles. The highest BCUT2D eigenvalue weighted by atomic mass is 16.5. The number of quaternary nitrogens is 1. The predicted octanol–water partition coefficient (Wildman–Crippen LogP) is 2.34. The summed E-state index contributed by atoms with van der Waals surface area (Å²) in [6, 6.07) is 2.12. The standard InChI is InChI=1S/C16H27N2O2/c1-15(2)12-6-7-16(15,3)13(10-12)20-14(19)11-18(4,5)9-8-17/h12-13H,6-7,9-11H2,1-5H3/q+1/t12-,13-,16+/m0/s1. The maximum atomic E-state index is 12.2. The van der Waals surface area contributed by atoms with Gasteiger partial charge in [0.25, 0.3) is 0 Å². The van der Waals surface area contributed by atoms with Crippen molar-refractivity contribution in [3.8, 4) is 6.07 Å². The summed E-state index contributed by atoms with van der Waals surface area (Å²) in [5, 5.41) is 8.78. The Kier molecular flexibility index (Phi) is 3.62. The van der Waals surface area contributed by atoms with Crippen molar-refractivity contribution in [1.82, 2.24) is 0 Å². The van der Waals surface area contributed by atoms with Crippen LogP contribution in [0.5, 0.6) is 0 Å². The van der Waals surface area contributed by atoms with E-state index >= 15 is 0 Å². The molecule has 4 heteroatoms. The normalized spacial score (nSPS) is 34.8. The molecule has 0 unspecified atom stereocenters. The second-order valence-corrected chi connectivity index (χ2v) is 8.00. The highest BCUT2D eigenvalue weighted by molar-refractivity contribution is 5.71. The number of fused-ring (bicyclic) bond motifs is 2. The molecule has 2 aliphatic rings. The number of nitriles is 1. The van der Waals surface area contributed by atoms with Crippen LogP contribution >= 0.6 is 0 Å². The first kappa shape index (κ1) is 15.3. The van der Waals surface area contributed by atoms with Crippen molar-refractivity contribution < 1.29 is 14.0 Å². The third kappa shape index (κ3) is 2.33. The lowest BCUT2D eigenvalue weighted by molar-refractivity contribution is -0.876. The molecule has 0 aromatic carbocycles. The van der Waals surface area contributed by atoms with E-state index < -0.39 is 0 Å². The van der Waals surface area contributed by atoms with Gasteiger partial charge in [-0.05, 0) is 30.6 Å². The fourth-order valence-electron chi connectivity index (χ4n) is 4.10. The molecular formula is C16H27N2O2+. The largest absolute Gasteiger partial charge is 0.458 e. The van der Waals surface area contributed by atoms with Gasteiger partial charge in [-0.2, -0.15) is 5.26 Å². The summed E-state index contributed by atoms with van der Waals surface area (Å²) in [5.74, 6) is 0.506. The van der Waals surface area contributed by atoms with Gasteiger partial charge in [0.2, 0.25) is 0 Å². The predicted molar refractivity (Wildman–Crippen MR) is 76.6 cm³/mol. The van der Waals surface area contributed by atoms with Gasteiger partial charge in [-0.1, -0.05) is 20.8 Å². The van der Waals surface area contributed by atoms with Crippen LogP contribution in [0.1, 0.15) is 40.0 Å². The summed E-state index contributed by atoms with van der Waals surface area (Å²) in [5.41, 5.74) is 0.370. The van der Waals surface area contributed by atoms with Crippen LogP contribution in [0.25, 0.3) is 0 Å². The van der Waals surface area contributed by atoms with Crippen molar-refractivity contribution in [1.29, 1.82) is 5.26 Å². The van der Waals surface area contributed by atoms with Crippen molar-refractivity contribution >= 4 is 5.97 Å². The molecule has 0 aromatic rings. The topological polar surface area (TPSA) is 50.1 Å². The molecule has 0 heterocycles. The Labute approximate surface area is 122 Å². The van der Waals surface area contributed by atoms with Crippen LogP contribution in [-0.4, -0.2) is 43.7 Å². The van der Waals surface area contributed by atoms with Crippen LogP contribution in [0.2, 0.25) is 0 Å². The van der Waals surface area contributed by atoms with Crippen molar-refractivity contribution in [2.45, 2.75) is 46.1 Å². The van der Waals surface area contributed by atoms with Gasteiger partial charge in [0, 0.05) is 5.41 Å². The van der Waals surface area contributed by atoms with E-state index in [2.05, 4.69) is 26.8 Å². The molecule has 0 N–H and O–H groups in total. The van der Waals surface area contributed by atoms with E-state index in [1.807, 2.05) is 14.1 Å². The smallest absolute Gasteiger partial charge is 0.362 e. The third-order valence-corrected chi connectivity index (χ3v) is 6.04. The molecule has 2 fully saturated rings. The maximum Gasteiger partial charge on any atom is 0.362 e. The van der Waals surface area contributed by atoms with E-state index in [9.17, 15) is 4.79 Å². The van der Waals surface area contributed by atoms with E-state index in [0.29, 0.717) is 16.9 Å². The Bertz CT molecular complexity index is 450. The number of likely N-dealkylation sites (N-methyl/N-ethyl adjacent to an activating group) is 1. The second kappa shape index (κ2) is 4.73. The average molecular weight is 279 g/mol. The molecule has 2 bridgehead atoms. The van der Waals surface area contributed by atoms with E-state index in [1.54, 1.807) is 0 Å². The first-order chi connectivity index (χ1) is 9.12. The minimum Gasteiger partial charge on any atom is -0.458 e. The summed E-state index contributed by atoms with van der Waals surface area (Å²) in [6.07, 6.45) is 3.46. The van der Waals surface area contributed by atoms with Gasteiger partial charge in [-0.3, -0.25) is 0 Å². The number of nitrogens with zero attached hydrogens (tertiary/aromatic N) is 2. The van der Waals surface area contributed by atoms with Crippen LogP contribution in [0.15, 0.2) is 0 Å². The Morgan fingerprint density at radius 3 is 2.50 bits per heavy atom. The van der Waals surface area contributed by atoms with Gasteiger partial charge in [-0.25, -0.2) is 4.79 Å². The van der Waals surface area contributed by atoms with Gasteiger partial charge in [0.1, 0.15) is 12.2 Å². The van der Waals surface area contributed by atoms with E-state index in [4.69, 9.17) is 10.00 Å². The minimum atomic E-state index is -0.167. The lowest BCUT2D eigenvalue weighted by atomic mass is 9.70. The lowest BCUT2D eigenvalue weighted by Crippen LogP contribution is -2.46. The van der Waals surface area contributed by atoms with Crippen molar-refractivity contribution in [2.75, 3.05) is 27.2 Å². The number of hydrogen-bond donors (Lipinski definition) is 0. The van der Waals surface area contributed by atoms with Crippen molar-refractivity contribution in [2.24, 2.45) is 16.7 Å². The first-order valence-electron chi connectivity index (χ1n) is 7.51. The average Bonchev–Trinajstić information content (AvgIpc) is 2.60. The molecule has 2 rings (SSSR count). The fraction of sp³-hybridized carbons (Fsp3) is 0.875. The Morgan fingerprint density at radius 1 is 1.40 bits per heavy atom. The zero-order valence-corrected chi connectivity index (χ0v) is 13.4. The number of ether oxygens (including phenoxy) is 1. The van der Waals surface area contributed by atoms with Crippen LogP contribution in [0, 0.1) is 28.1 Å². The first-order valence-corrected chi connectivity index (χ1v) is 7.51. The molecule has 0 radical (unpaired) electrons. The van der Waals surface area contributed by atoms with E-state index in [0.717, 1.165) is 12.8 Å². The van der Waals surface area contributed by atoms with Gasteiger partial charge in [-0.15, -0.1) is 0 Å². The molecule has 0 spiro atoms. The minimum absolute atomic E-state index is 0.0471. The lowest BCUT2D eigenvalue weighted by Gasteiger charge is -2.38. The fourth-order valence-corrected chi connectivity index (χ4v) is 4.10. The van der Waals surface area contributed by atoms with Crippen LogP contribution in [0.3, 0.4) is 0 Å². The molecule has 3 atom stereocenters. The number of carbonyl (C=O) groups excluding carboxylic acids is 1. The van der Waals surface area contributed by atoms with Gasteiger partial charge in [0.05, 0.1) is 14.1 Å². The number of hydrogen-bond acceptors (Lipinski definition) is 3. The zero-order valence-electron chi connectivity index (χ0n) is 13.4. The van der Waals surface area contributed by atoms with E-state index in [1.165, 1.54) is 6.42 Å². The number of esters is 1. The molecule has 112 valence electrons. The van der Waals surface area contributed by atoms with Crippen molar-refractivity contribution in [3.05, 3.63) is 0 Å². The maximum absolute atomic E-state index is 12.2. The Balaban J connectivity index is 1.99. The monoisotopic (exact) mass is 279 g/mol. The molecule has 0 amide bonds. The molecule has 20 heavy (non-hydrogen) atoms. The highest BCUT2D eigenvalue weighted by Gasteiger charge is 2.62. The third-order valence-electron chi connectivity index (χ3n) is 6.04. The van der Waals surface area contributed by atoms with Gasteiger partial charge < -0.3 is 9.22 Å². The molecule has 2 saturated carbocycles. The quantitative estimate of drug-likeness (QED) is 0.451. The Morgan fingerprint density at radius 2 is 2.05 bits per heavy atom. The van der Waals surface area contributed by atoms with Crippen LogP contribution in [-0.2, 0) is 9.53 Å². The SMILES string of the molecule is CC1(C)[C@H]2CC[C@]1(C)[C@@H](OC(=O)C[N+](C)(C)CC#N)C2. The molecule has 0 aromatic heterocycles. The molecule has 4 nitrogen and oxygen atoms in total. The number of carbonyl (C=O) groups is 1. The van der Waals surface area contributed by atoms with E-state index in [-0.39, 0.29) is 29.4 Å². The molecular weight excluding hydrogens is 252 g/mol. The van der Waals surface area contributed by atoms with Crippen LogP contribution in [0.4, 0.5) is 0 Å². The summed E-state index contributed by atoms with van der Waals surface area (Å²) in [6.45, 7) is 7.49.